The summed E-state index contributed by atoms with van der Waals surface area (Å²) in [5.74, 6) is 0.377. The first-order chi connectivity index (χ1) is 6.05. The Bertz CT molecular complexity index is 386. The van der Waals surface area contributed by atoms with Crippen LogP contribution in [0.3, 0.4) is 0 Å². The highest BCUT2D eigenvalue weighted by Gasteiger charge is 2.10. The van der Waals surface area contributed by atoms with E-state index < -0.39 is 10.1 Å². The van der Waals surface area contributed by atoms with Crippen molar-refractivity contribution in [3.05, 3.63) is 29.8 Å². The van der Waals surface area contributed by atoms with E-state index in [2.05, 4.69) is 15.9 Å². The van der Waals surface area contributed by atoms with Crippen molar-refractivity contribution < 1.29 is 12.6 Å². The number of alkyl halides is 1. The van der Waals surface area contributed by atoms with E-state index in [-0.39, 0.29) is 4.66 Å². The van der Waals surface area contributed by atoms with Crippen molar-refractivity contribution in [1.29, 1.82) is 0 Å². The molecular weight excluding hydrogens is 256 g/mol. The van der Waals surface area contributed by atoms with Crippen LogP contribution in [0.1, 0.15) is 5.56 Å². The van der Waals surface area contributed by atoms with Gasteiger partial charge in [0.1, 0.15) is 10.4 Å². The molecular formula is C8H9BrO3S. The molecule has 3 nitrogen and oxygen atoms in total. The second kappa shape index (κ2) is 4.11. The minimum absolute atomic E-state index is 0.200. The molecule has 0 unspecified atom stereocenters. The molecule has 0 saturated heterocycles. The van der Waals surface area contributed by atoms with Crippen LogP contribution in [0.5, 0.6) is 5.75 Å². The predicted molar refractivity (Wildman–Crippen MR) is 54.5 cm³/mol. The molecule has 0 N–H and O–H groups in total. The molecule has 0 heterocycles. The SMILES string of the molecule is Cc1ccccc1OS(=O)(=O)CBr. The van der Waals surface area contributed by atoms with Crippen molar-refractivity contribution >= 4 is 26.0 Å². The fraction of sp³-hybridized carbons (Fsp3) is 0.250. The molecule has 0 aromatic heterocycles. The molecule has 5 heteroatoms. The second-order valence-corrected chi connectivity index (χ2v) is 5.39. The lowest BCUT2D eigenvalue weighted by Gasteiger charge is -2.06. The van der Waals surface area contributed by atoms with E-state index in [0.717, 1.165) is 5.56 Å². The Balaban J connectivity index is 2.93. The molecule has 0 bridgehead atoms. The number of para-hydroxylation sites is 1. The minimum atomic E-state index is -3.48. The number of hydrogen-bond acceptors (Lipinski definition) is 3. The van der Waals surface area contributed by atoms with Crippen LogP contribution in [-0.4, -0.2) is 13.1 Å². The number of halogens is 1. The molecule has 0 aliphatic rings. The number of aryl methyl sites for hydroxylation is 1. The fourth-order valence-electron chi connectivity index (χ4n) is 0.809. The molecule has 0 atom stereocenters. The Morgan fingerprint density at radius 2 is 2.00 bits per heavy atom. The van der Waals surface area contributed by atoms with E-state index in [1.54, 1.807) is 25.1 Å². The van der Waals surface area contributed by atoms with Crippen molar-refractivity contribution in [3.63, 3.8) is 0 Å². The first kappa shape index (κ1) is 10.5. The first-order valence-electron chi connectivity index (χ1n) is 3.59. The number of hydrogen-bond donors (Lipinski definition) is 0. The topological polar surface area (TPSA) is 43.4 Å². The van der Waals surface area contributed by atoms with Crippen molar-refractivity contribution in [2.45, 2.75) is 6.92 Å². The molecule has 0 aliphatic carbocycles. The molecule has 0 fully saturated rings. The summed E-state index contributed by atoms with van der Waals surface area (Å²) in [4.78, 5) is 0. The summed E-state index contributed by atoms with van der Waals surface area (Å²) in [6.45, 7) is 1.79. The first-order valence-corrected chi connectivity index (χ1v) is 6.29. The highest BCUT2D eigenvalue weighted by atomic mass is 79.9. The van der Waals surface area contributed by atoms with Crippen molar-refractivity contribution in [2.75, 3.05) is 4.66 Å². The smallest absolute Gasteiger partial charge is 0.319 e. The van der Waals surface area contributed by atoms with E-state index in [4.69, 9.17) is 4.18 Å². The van der Waals surface area contributed by atoms with Crippen LogP contribution in [0.25, 0.3) is 0 Å². The van der Waals surface area contributed by atoms with Crippen LogP contribution in [0.15, 0.2) is 24.3 Å². The summed E-state index contributed by atoms with van der Waals surface area (Å²) in [6.07, 6.45) is 0. The third-order valence-electron chi connectivity index (χ3n) is 1.44. The Hall–Kier alpha value is -0.550. The summed E-state index contributed by atoms with van der Waals surface area (Å²) in [5.41, 5.74) is 0.798. The van der Waals surface area contributed by atoms with Gasteiger partial charge in [0.15, 0.2) is 0 Å². The molecule has 1 aromatic carbocycles. The zero-order chi connectivity index (χ0) is 9.90. The highest BCUT2D eigenvalue weighted by Crippen LogP contribution is 2.18. The van der Waals surface area contributed by atoms with Crippen LogP contribution in [-0.2, 0) is 10.1 Å². The van der Waals surface area contributed by atoms with Gasteiger partial charge in [-0.15, -0.1) is 0 Å². The molecule has 0 saturated carbocycles. The summed E-state index contributed by atoms with van der Waals surface area (Å²) in [7, 11) is -3.48. The van der Waals surface area contributed by atoms with Gasteiger partial charge in [0, 0.05) is 0 Å². The normalized spacial score (nSPS) is 11.2. The van der Waals surface area contributed by atoms with E-state index in [1.165, 1.54) is 0 Å². The van der Waals surface area contributed by atoms with Gasteiger partial charge in [-0.05, 0) is 18.6 Å². The van der Waals surface area contributed by atoms with Gasteiger partial charge in [-0.25, -0.2) is 0 Å². The molecule has 0 aliphatic heterocycles. The minimum Gasteiger partial charge on any atom is -0.382 e. The molecule has 1 rings (SSSR count). The maximum absolute atomic E-state index is 11.1. The predicted octanol–water partition coefficient (Wildman–Crippen LogP) is 2.06. The van der Waals surface area contributed by atoms with Crippen LogP contribution >= 0.6 is 15.9 Å². The van der Waals surface area contributed by atoms with Gasteiger partial charge < -0.3 is 4.18 Å². The van der Waals surface area contributed by atoms with Crippen molar-refractivity contribution in [1.82, 2.24) is 0 Å². The lowest BCUT2D eigenvalue weighted by atomic mass is 10.2. The van der Waals surface area contributed by atoms with E-state index >= 15 is 0 Å². The lowest BCUT2D eigenvalue weighted by Crippen LogP contribution is -2.10. The Morgan fingerprint density at radius 1 is 1.38 bits per heavy atom. The molecule has 13 heavy (non-hydrogen) atoms. The molecule has 72 valence electrons. The second-order valence-electron chi connectivity index (χ2n) is 2.52. The summed E-state index contributed by atoms with van der Waals surface area (Å²) in [6, 6.07) is 6.96. The number of rotatable bonds is 3. The zero-order valence-electron chi connectivity index (χ0n) is 7.03. The van der Waals surface area contributed by atoms with Gasteiger partial charge in [0.2, 0.25) is 0 Å². The third-order valence-corrected chi connectivity index (χ3v) is 3.83. The molecule has 1 aromatic rings. The average molecular weight is 265 g/mol. The fourth-order valence-corrected chi connectivity index (χ4v) is 1.59. The molecule has 0 radical (unpaired) electrons. The van der Waals surface area contributed by atoms with Gasteiger partial charge in [0.25, 0.3) is 0 Å². The highest BCUT2D eigenvalue weighted by molar-refractivity contribution is 9.10. The Morgan fingerprint density at radius 3 is 2.54 bits per heavy atom. The van der Waals surface area contributed by atoms with Crippen molar-refractivity contribution in [3.8, 4) is 5.75 Å². The summed E-state index contributed by atoms with van der Waals surface area (Å²) < 4.78 is 26.7. The van der Waals surface area contributed by atoms with Crippen LogP contribution in [0.2, 0.25) is 0 Å². The molecule has 0 amide bonds. The van der Waals surface area contributed by atoms with Crippen LogP contribution in [0, 0.1) is 6.92 Å². The van der Waals surface area contributed by atoms with E-state index in [0.29, 0.717) is 5.75 Å². The van der Waals surface area contributed by atoms with Crippen LogP contribution in [0.4, 0.5) is 0 Å². The van der Waals surface area contributed by atoms with Crippen LogP contribution < -0.4 is 4.18 Å². The lowest BCUT2D eigenvalue weighted by molar-refractivity contribution is 0.490. The maximum Gasteiger partial charge on any atom is 0.319 e. The standard InChI is InChI=1S/C8H9BrO3S/c1-7-4-2-3-5-8(7)12-13(10,11)6-9/h2-5H,6H2,1H3. The molecule has 0 spiro atoms. The number of benzene rings is 1. The monoisotopic (exact) mass is 264 g/mol. The quantitative estimate of drug-likeness (QED) is 0.620. The van der Waals surface area contributed by atoms with Crippen molar-refractivity contribution in [2.24, 2.45) is 0 Å². The summed E-state index contributed by atoms with van der Waals surface area (Å²) in [5, 5.41) is 0. The Kier molecular flexibility index (Phi) is 3.33. The van der Waals surface area contributed by atoms with Gasteiger partial charge in [-0.3, -0.25) is 0 Å². The zero-order valence-corrected chi connectivity index (χ0v) is 9.43. The van der Waals surface area contributed by atoms with Gasteiger partial charge >= 0.3 is 10.1 Å². The average Bonchev–Trinajstić information content (AvgIpc) is 2.09. The Labute approximate surface area is 86.0 Å². The van der Waals surface area contributed by atoms with Gasteiger partial charge in [-0.2, -0.15) is 8.42 Å². The third kappa shape index (κ3) is 3.00. The van der Waals surface area contributed by atoms with E-state index in [9.17, 15) is 8.42 Å². The summed E-state index contributed by atoms with van der Waals surface area (Å²) >= 11 is 2.84. The van der Waals surface area contributed by atoms with Gasteiger partial charge in [-0.1, -0.05) is 34.1 Å². The van der Waals surface area contributed by atoms with Gasteiger partial charge in [0.05, 0.1) is 0 Å². The van der Waals surface area contributed by atoms with E-state index in [1.807, 2.05) is 6.07 Å². The maximum atomic E-state index is 11.1. The largest absolute Gasteiger partial charge is 0.382 e.